The summed E-state index contributed by atoms with van der Waals surface area (Å²) in [5.74, 6) is 0.842. The maximum Gasteiger partial charge on any atom is 0.262 e. The molecule has 0 radical (unpaired) electrons. The number of carbonyl (C=O) groups is 1. The molecule has 0 unspecified atom stereocenters. The van der Waals surface area contributed by atoms with Gasteiger partial charge in [-0.05, 0) is 73.4 Å². The topological polar surface area (TPSA) is 41.6 Å². The van der Waals surface area contributed by atoms with Crippen molar-refractivity contribution in [1.29, 1.82) is 0 Å². The van der Waals surface area contributed by atoms with Crippen molar-refractivity contribution in [1.82, 2.24) is 0 Å². The zero-order valence-electron chi connectivity index (χ0n) is 17.1. The summed E-state index contributed by atoms with van der Waals surface area (Å²) in [6, 6.07) is 21.8. The van der Waals surface area contributed by atoms with E-state index in [1.54, 1.807) is 0 Å². The second-order valence-corrected chi connectivity index (χ2v) is 7.45. The van der Waals surface area contributed by atoms with Crippen molar-refractivity contribution in [2.45, 2.75) is 33.4 Å². The summed E-state index contributed by atoms with van der Waals surface area (Å²) >= 11 is 0. The minimum absolute atomic E-state index is 0.00101. The Kier molecular flexibility index (Phi) is 5.26. The molecule has 0 spiro atoms. The lowest BCUT2D eigenvalue weighted by Crippen LogP contribution is -2.43. The third-order valence-electron chi connectivity index (χ3n) is 5.36. The number of hydrogen-bond donors (Lipinski definition) is 1. The molecule has 4 rings (SSSR count). The molecule has 4 heteroatoms. The standard InChI is InChI=1S/C25H26N2O2/c1-4-15-29-21-13-10-19(11-14-21)24-26-23-8-6-5-7-22(23)25(28)27(24)20-12-9-17(2)18(3)16-20/h5-14,16,24,26H,4,15H2,1-3H3/t24-/m0/s1. The van der Waals surface area contributed by atoms with Crippen molar-refractivity contribution in [3.05, 3.63) is 89.0 Å². The highest BCUT2D eigenvalue weighted by atomic mass is 16.5. The van der Waals surface area contributed by atoms with E-state index < -0.39 is 0 Å². The predicted octanol–water partition coefficient (Wildman–Crippen LogP) is 5.86. The first-order valence-corrected chi connectivity index (χ1v) is 10.1. The maximum atomic E-state index is 13.5. The van der Waals surface area contributed by atoms with Gasteiger partial charge in [-0.15, -0.1) is 0 Å². The lowest BCUT2D eigenvalue weighted by Gasteiger charge is -2.38. The molecule has 0 bridgehead atoms. The SMILES string of the molecule is CCCOc1ccc([C@H]2Nc3ccccc3C(=O)N2c2ccc(C)c(C)c2)cc1. The van der Waals surface area contributed by atoms with Gasteiger partial charge in [0.1, 0.15) is 11.9 Å². The molecule has 1 amide bonds. The number of nitrogens with zero attached hydrogens (tertiary/aromatic N) is 1. The lowest BCUT2D eigenvalue weighted by atomic mass is 10.0. The Bertz CT molecular complexity index is 1030. The fourth-order valence-electron chi connectivity index (χ4n) is 3.59. The van der Waals surface area contributed by atoms with Crippen LogP contribution in [0, 0.1) is 13.8 Å². The third-order valence-corrected chi connectivity index (χ3v) is 5.36. The van der Waals surface area contributed by atoms with E-state index >= 15 is 0 Å². The van der Waals surface area contributed by atoms with Crippen molar-refractivity contribution in [3.63, 3.8) is 0 Å². The van der Waals surface area contributed by atoms with Crippen molar-refractivity contribution in [2.75, 3.05) is 16.8 Å². The number of para-hydroxylation sites is 1. The molecule has 1 N–H and O–H groups in total. The second kappa shape index (κ2) is 8.00. The van der Waals surface area contributed by atoms with Crippen LogP contribution in [0.3, 0.4) is 0 Å². The number of aryl methyl sites for hydroxylation is 2. The van der Waals surface area contributed by atoms with E-state index in [0.717, 1.165) is 34.7 Å². The quantitative estimate of drug-likeness (QED) is 0.597. The number of benzene rings is 3. The Labute approximate surface area is 172 Å². The fourth-order valence-corrected chi connectivity index (χ4v) is 3.59. The minimum Gasteiger partial charge on any atom is -0.494 e. The van der Waals surface area contributed by atoms with E-state index in [0.29, 0.717) is 12.2 Å². The normalized spacial score (nSPS) is 15.6. The van der Waals surface area contributed by atoms with Crippen LogP contribution in [0.5, 0.6) is 5.75 Å². The van der Waals surface area contributed by atoms with E-state index in [1.165, 1.54) is 5.56 Å². The van der Waals surface area contributed by atoms with Crippen molar-refractivity contribution >= 4 is 17.3 Å². The smallest absolute Gasteiger partial charge is 0.262 e. The van der Waals surface area contributed by atoms with Gasteiger partial charge in [0, 0.05) is 11.4 Å². The van der Waals surface area contributed by atoms with Crippen molar-refractivity contribution in [2.24, 2.45) is 0 Å². The van der Waals surface area contributed by atoms with E-state index in [1.807, 2.05) is 59.5 Å². The monoisotopic (exact) mass is 386 g/mol. The van der Waals surface area contributed by atoms with Gasteiger partial charge in [-0.2, -0.15) is 0 Å². The van der Waals surface area contributed by atoms with Crippen LogP contribution in [-0.2, 0) is 0 Å². The van der Waals surface area contributed by atoms with Crippen LogP contribution < -0.4 is 15.0 Å². The number of nitrogens with one attached hydrogen (secondary N) is 1. The van der Waals surface area contributed by atoms with Crippen LogP contribution >= 0.6 is 0 Å². The van der Waals surface area contributed by atoms with Gasteiger partial charge >= 0.3 is 0 Å². The van der Waals surface area contributed by atoms with Crippen LogP contribution in [0.1, 0.15) is 46.6 Å². The first-order chi connectivity index (χ1) is 14.1. The summed E-state index contributed by atoms with van der Waals surface area (Å²) in [6.07, 6.45) is 0.678. The summed E-state index contributed by atoms with van der Waals surface area (Å²) in [7, 11) is 0. The lowest BCUT2D eigenvalue weighted by molar-refractivity contribution is 0.0975. The first-order valence-electron chi connectivity index (χ1n) is 10.1. The largest absolute Gasteiger partial charge is 0.494 e. The van der Waals surface area contributed by atoms with Crippen LogP contribution in [0.2, 0.25) is 0 Å². The summed E-state index contributed by atoms with van der Waals surface area (Å²) in [5.41, 5.74) is 5.81. The summed E-state index contributed by atoms with van der Waals surface area (Å²) < 4.78 is 5.71. The zero-order chi connectivity index (χ0) is 20.4. The van der Waals surface area contributed by atoms with Gasteiger partial charge in [0.2, 0.25) is 0 Å². The number of amides is 1. The average Bonchev–Trinajstić information content (AvgIpc) is 2.75. The average molecular weight is 386 g/mol. The highest BCUT2D eigenvalue weighted by molar-refractivity contribution is 6.12. The number of carbonyl (C=O) groups excluding carboxylic acids is 1. The summed E-state index contributed by atoms with van der Waals surface area (Å²) in [6.45, 7) is 6.94. The molecule has 0 saturated heterocycles. The fraction of sp³-hybridized carbons (Fsp3) is 0.240. The molecule has 148 valence electrons. The predicted molar refractivity (Wildman–Crippen MR) is 118 cm³/mol. The Hall–Kier alpha value is -3.27. The van der Waals surface area contributed by atoms with E-state index in [9.17, 15) is 4.79 Å². The zero-order valence-corrected chi connectivity index (χ0v) is 17.1. The number of fused-ring (bicyclic) bond motifs is 1. The Balaban J connectivity index is 1.76. The molecule has 0 fully saturated rings. The first kappa shape index (κ1) is 19.1. The Morgan fingerprint density at radius 2 is 1.72 bits per heavy atom. The molecule has 1 heterocycles. The van der Waals surface area contributed by atoms with Gasteiger partial charge in [-0.25, -0.2) is 0 Å². The Morgan fingerprint density at radius 1 is 0.966 bits per heavy atom. The van der Waals surface area contributed by atoms with Crippen molar-refractivity contribution in [3.8, 4) is 5.75 Å². The molecule has 1 aliphatic heterocycles. The highest BCUT2D eigenvalue weighted by Gasteiger charge is 2.34. The molecule has 0 aromatic heterocycles. The van der Waals surface area contributed by atoms with E-state index in [-0.39, 0.29) is 12.1 Å². The van der Waals surface area contributed by atoms with Crippen molar-refractivity contribution < 1.29 is 9.53 Å². The van der Waals surface area contributed by atoms with Gasteiger partial charge in [0.15, 0.2) is 0 Å². The molecule has 0 saturated carbocycles. The number of hydrogen-bond acceptors (Lipinski definition) is 3. The second-order valence-electron chi connectivity index (χ2n) is 7.45. The van der Waals surface area contributed by atoms with Gasteiger partial charge in [-0.3, -0.25) is 9.69 Å². The minimum atomic E-state index is -0.292. The molecule has 29 heavy (non-hydrogen) atoms. The highest BCUT2D eigenvalue weighted by Crippen LogP contribution is 2.37. The number of rotatable bonds is 5. The molecular weight excluding hydrogens is 360 g/mol. The molecular formula is C25H26N2O2. The van der Waals surface area contributed by atoms with Gasteiger partial charge in [-0.1, -0.05) is 37.3 Å². The molecule has 1 atom stereocenters. The summed E-state index contributed by atoms with van der Waals surface area (Å²) in [5, 5.41) is 3.55. The molecule has 0 aliphatic carbocycles. The number of anilines is 2. The van der Waals surface area contributed by atoms with Crippen LogP contribution in [0.25, 0.3) is 0 Å². The summed E-state index contributed by atoms with van der Waals surface area (Å²) in [4.78, 5) is 15.3. The molecule has 1 aliphatic rings. The van der Waals surface area contributed by atoms with E-state index in [4.69, 9.17) is 4.74 Å². The van der Waals surface area contributed by atoms with Crippen LogP contribution in [0.15, 0.2) is 66.7 Å². The molecule has 4 nitrogen and oxygen atoms in total. The van der Waals surface area contributed by atoms with Gasteiger partial charge < -0.3 is 10.1 Å². The Morgan fingerprint density at radius 3 is 2.45 bits per heavy atom. The van der Waals surface area contributed by atoms with E-state index in [2.05, 4.69) is 38.2 Å². The van der Waals surface area contributed by atoms with Gasteiger partial charge in [0.05, 0.1) is 12.2 Å². The molecule has 3 aromatic rings. The van der Waals surface area contributed by atoms with Crippen LogP contribution in [0.4, 0.5) is 11.4 Å². The number of ether oxygens (including phenoxy) is 1. The van der Waals surface area contributed by atoms with Crippen LogP contribution in [-0.4, -0.2) is 12.5 Å². The molecule has 3 aromatic carbocycles. The maximum absolute atomic E-state index is 13.5. The van der Waals surface area contributed by atoms with Gasteiger partial charge in [0.25, 0.3) is 5.91 Å². The third kappa shape index (κ3) is 3.70.